The fraction of sp³-hybridized carbons (Fsp3) is 0.579. The summed E-state index contributed by atoms with van der Waals surface area (Å²) in [7, 11) is 1.35. The quantitative estimate of drug-likeness (QED) is 0.801. The second-order valence-electron chi connectivity index (χ2n) is 6.58. The van der Waals surface area contributed by atoms with Crippen molar-refractivity contribution < 1.29 is 14.3 Å². The molecule has 138 valence electrons. The van der Waals surface area contributed by atoms with Gasteiger partial charge in [-0.1, -0.05) is 50.6 Å². The predicted octanol–water partition coefficient (Wildman–Crippen LogP) is 2.10. The van der Waals surface area contributed by atoms with Gasteiger partial charge < -0.3 is 15.0 Å². The second kappa shape index (κ2) is 9.42. The molecule has 2 rings (SSSR count). The maximum Gasteiger partial charge on any atom is 0.328 e. The lowest BCUT2D eigenvalue weighted by atomic mass is 9.99. The topological polar surface area (TPSA) is 61.9 Å². The highest BCUT2D eigenvalue weighted by Crippen LogP contribution is 2.12. The van der Waals surface area contributed by atoms with E-state index in [0.29, 0.717) is 13.1 Å². The Kier molecular flexibility index (Phi) is 7.25. The van der Waals surface area contributed by atoms with Crippen LogP contribution in [0.15, 0.2) is 30.3 Å². The molecule has 6 heteroatoms. The van der Waals surface area contributed by atoms with E-state index in [-0.39, 0.29) is 17.9 Å². The van der Waals surface area contributed by atoms with E-state index >= 15 is 0 Å². The molecule has 1 heterocycles. The Bertz CT molecular complexity index is 556. The number of urea groups is 1. The molecule has 25 heavy (non-hydrogen) atoms. The molecule has 0 bridgehead atoms. The van der Waals surface area contributed by atoms with Crippen molar-refractivity contribution in [3.05, 3.63) is 35.9 Å². The predicted molar refractivity (Wildman–Crippen MR) is 97.1 cm³/mol. The van der Waals surface area contributed by atoms with Gasteiger partial charge in [-0.25, -0.2) is 9.59 Å². The van der Waals surface area contributed by atoms with Crippen molar-refractivity contribution in [3.8, 4) is 0 Å². The van der Waals surface area contributed by atoms with Crippen LogP contribution in [-0.2, 0) is 16.1 Å². The Hall–Kier alpha value is -2.08. The zero-order valence-corrected chi connectivity index (χ0v) is 15.4. The Morgan fingerprint density at radius 3 is 2.36 bits per heavy atom. The average molecular weight is 347 g/mol. The smallest absolute Gasteiger partial charge is 0.328 e. The molecule has 2 unspecified atom stereocenters. The summed E-state index contributed by atoms with van der Waals surface area (Å²) >= 11 is 0. The van der Waals surface area contributed by atoms with Crippen molar-refractivity contribution in [2.45, 2.75) is 32.9 Å². The number of ether oxygens (including phenoxy) is 1. The van der Waals surface area contributed by atoms with E-state index in [1.165, 1.54) is 12.7 Å². The zero-order valence-electron chi connectivity index (χ0n) is 15.4. The van der Waals surface area contributed by atoms with Gasteiger partial charge in [-0.2, -0.15) is 0 Å². The molecular formula is C19H29N3O3. The second-order valence-corrected chi connectivity index (χ2v) is 6.58. The maximum atomic E-state index is 12.5. The maximum absolute atomic E-state index is 12.5. The van der Waals surface area contributed by atoms with E-state index in [4.69, 9.17) is 4.74 Å². The number of hydrogen-bond donors (Lipinski definition) is 1. The molecule has 2 atom stereocenters. The minimum absolute atomic E-state index is 0.0377. The van der Waals surface area contributed by atoms with Crippen LogP contribution >= 0.6 is 0 Å². The molecule has 0 radical (unpaired) electrons. The van der Waals surface area contributed by atoms with Crippen molar-refractivity contribution in [3.63, 3.8) is 0 Å². The molecule has 0 aliphatic carbocycles. The summed E-state index contributed by atoms with van der Waals surface area (Å²) in [5.74, 6) is -0.346. The highest BCUT2D eigenvalue weighted by molar-refractivity contribution is 5.83. The highest BCUT2D eigenvalue weighted by atomic mass is 16.5. The Balaban J connectivity index is 1.84. The number of rotatable bonds is 6. The molecule has 1 N–H and O–H groups in total. The van der Waals surface area contributed by atoms with Gasteiger partial charge in [-0.3, -0.25) is 4.90 Å². The van der Waals surface area contributed by atoms with Crippen molar-refractivity contribution in [2.75, 3.05) is 33.3 Å². The summed E-state index contributed by atoms with van der Waals surface area (Å²) in [5, 5.41) is 2.85. The van der Waals surface area contributed by atoms with Gasteiger partial charge >= 0.3 is 12.0 Å². The number of amides is 2. The standard InChI is InChI=1S/C19H29N3O3/c1-4-15(2)17(18(23)25-3)20-19(24)22-12-10-21(11-13-22)14-16-8-6-5-7-9-16/h5-9,15,17H,4,10-14H2,1-3H3,(H,20,24). The lowest BCUT2D eigenvalue weighted by molar-refractivity contribution is -0.144. The van der Waals surface area contributed by atoms with Crippen LogP contribution in [0.5, 0.6) is 0 Å². The monoisotopic (exact) mass is 347 g/mol. The molecular weight excluding hydrogens is 318 g/mol. The zero-order chi connectivity index (χ0) is 18.2. The number of nitrogens with zero attached hydrogens (tertiary/aromatic N) is 2. The van der Waals surface area contributed by atoms with Crippen LogP contribution in [-0.4, -0.2) is 61.1 Å². The summed E-state index contributed by atoms with van der Waals surface area (Å²) in [6.45, 7) is 7.81. The van der Waals surface area contributed by atoms with Gasteiger partial charge in [0.05, 0.1) is 7.11 Å². The normalized spacial score (nSPS) is 17.6. The minimum atomic E-state index is -0.593. The fourth-order valence-electron chi connectivity index (χ4n) is 2.97. The molecule has 0 saturated carbocycles. The molecule has 1 saturated heterocycles. The first kappa shape index (κ1) is 19.2. The third-order valence-corrected chi connectivity index (χ3v) is 4.86. The SMILES string of the molecule is CCC(C)C(NC(=O)N1CCN(Cc2ccccc2)CC1)C(=O)OC. The third-order valence-electron chi connectivity index (χ3n) is 4.86. The van der Waals surface area contributed by atoms with Gasteiger partial charge in [0, 0.05) is 32.7 Å². The van der Waals surface area contributed by atoms with E-state index in [0.717, 1.165) is 26.1 Å². The van der Waals surface area contributed by atoms with Crippen molar-refractivity contribution in [2.24, 2.45) is 5.92 Å². The fourth-order valence-corrected chi connectivity index (χ4v) is 2.97. The highest BCUT2D eigenvalue weighted by Gasteiger charge is 2.29. The molecule has 0 aromatic heterocycles. The van der Waals surface area contributed by atoms with Crippen LogP contribution in [0.1, 0.15) is 25.8 Å². The van der Waals surface area contributed by atoms with Gasteiger partial charge in [0.25, 0.3) is 0 Å². The van der Waals surface area contributed by atoms with E-state index in [1.807, 2.05) is 32.0 Å². The van der Waals surface area contributed by atoms with Crippen LogP contribution in [0.2, 0.25) is 0 Å². The van der Waals surface area contributed by atoms with Crippen molar-refractivity contribution >= 4 is 12.0 Å². The summed E-state index contributed by atoms with van der Waals surface area (Å²) in [6, 6.07) is 9.56. The number of carbonyl (C=O) groups excluding carboxylic acids is 2. The van der Waals surface area contributed by atoms with Gasteiger partial charge in [0.2, 0.25) is 0 Å². The number of piperazine rings is 1. The Morgan fingerprint density at radius 2 is 1.80 bits per heavy atom. The van der Waals surface area contributed by atoms with Gasteiger partial charge in [0.15, 0.2) is 0 Å². The number of hydrogen-bond acceptors (Lipinski definition) is 4. The van der Waals surface area contributed by atoms with Gasteiger partial charge in [-0.05, 0) is 11.5 Å². The number of benzene rings is 1. The van der Waals surface area contributed by atoms with Crippen LogP contribution in [0, 0.1) is 5.92 Å². The largest absolute Gasteiger partial charge is 0.467 e. The molecule has 0 spiro atoms. The average Bonchev–Trinajstić information content (AvgIpc) is 2.66. The van der Waals surface area contributed by atoms with E-state index in [9.17, 15) is 9.59 Å². The van der Waals surface area contributed by atoms with Crippen LogP contribution < -0.4 is 5.32 Å². The summed E-state index contributed by atoms with van der Waals surface area (Å²) in [4.78, 5) is 28.5. The third kappa shape index (κ3) is 5.46. The van der Waals surface area contributed by atoms with E-state index in [1.54, 1.807) is 4.90 Å². The van der Waals surface area contributed by atoms with Crippen LogP contribution in [0.3, 0.4) is 0 Å². The molecule has 1 aliphatic rings. The first-order valence-corrected chi connectivity index (χ1v) is 8.94. The molecule has 1 aromatic carbocycles. The lowest BCUT2D eigenvalue weighted by Gasteiger charge is -2.35. The lowest BCUT2D eigenvalue weighted by Crippen LogP contribution is -2.55. The van der Waals surface area contributed by atoms with E-state index in [2.05, 4.69) is 22.3 Å². The van der Waals surface area contributed by atoms with Crippen LogP contribution in [0.4, 0.5) is 4.79 Å². The number of nitrogens with one attached hydrogen (secondary N) is 1. The molecule has 6 nitrogen and oxygen atoms in total. The molecule has 1 aromatic rings. The molecule has 2 amide bonds. The van der Waals surface area contributed by atoms with Gasteiger partial charge in [-0.15, -0.1) is 0 Å². The van der Waals surface area contributed by atoms with Crippen LogP contribution in [0.25, 0.3) is 0 Å². The minimum Gasteiger partial charge on any atom is -0.467 e. The van der Waals surface area contributed by atoms with Gasteiger partial charge in [0.1, 0.15) is 6.04 Å². The molecule has 1 aliphatic heterocycles. The Morgan fingerprint density at radius 1 is 1.16 bits per heavy atom. The molecule has 1 fully saturated rings. The van der Waals surface area contributed by atoms with Crippen molar-refractivity contribution in [1.82, 2.24) is 15.1 Å². The van der Waals surface area contributed by atoms with Crippen molar-refractivity contribution in [1.29, 1.82) is 0 Å². The first-order valence-electron chi connectivity index (χ1n) is 8.94. The summed E-state index contributed by atoms with van der Waals surface area (Å²) in [5.41, 5.74) is 1.28. The summed E-state index contributed by atoms with van der Waals surface area (Å²) < 4.78 is 4.83. The summed E-state index contributed by atoms with van der Waals surface area (Å²) in [6.07, 6.45) is 0.797. The Labute approximate surface area is 150 Å². The number of carbonyl (C=O) groups is 2. The first-order chi connectivity index (χ1) is 12.0. The number of esters is 1. The number of methoxy groups -OCH3 is 1. The van der Waals surface area contributed by atoms with E-state index < -0.39 is 6.04 Å².